The van der Waals surface area contributed by atoms with Gasteiger partial charge in [-0.15, -0.1) is 11.3 Å². The Kier molecular flexibility index (Phi) is 3.34. The van der Waals surface area contributed by atoms with Gasteiger partial charge in [0.15, 0.2) is 0 Å². The summed E-state index contributed by atoms with van der Waals surface area (Å²) in [7, 11) is 0. The number of fused-ring (bicyclic) bond motifs is 3. The fourth-order valence-corrected chi connectivity index (χ4v) is 4.45. The van der Waals surface area contributed by atoms with E-state index in [1.807, 2.05) is 11.3 Å². The molecule has 110 valence electrons. The Morgan fingerprint density at radius 1 is 1.14 bits per heavy atom. The molecular weight excluding hydrogens is 286 g/mol. The van der Waals surface area contributed by atoms with Crippen molar-refractivity contribution in [3.8, 4) is 0 Å². The second kappa shape index (κ2) is 5.36. The molecule has 0 spiro atoms. The number of hydrogen-bond donors (Lipinski definition) is 0. The van der Waals surface area contributed by atoms with Gasteiger partial charge in [-0.1, -0.05) is 62.3 Å². The molecule has 2 heteroatoms. The van der Waals surface area contributed by atoms with E-state index in [-0.39, 0.29) is 5.41 Å². The van der Waals surface area contributed by atoms with Crippen molar-refractivity contribution < 1.29 is 0 Å². The molecule has 1 unspecified atom stereocenters. The van der Waals surface area contributed by atoms with Crippen LogP contribution in [0, 0.1) is 0 Å². The lowest BCUT2D eigenvalue weighted by molar-refractivity contribution is 0.600. The van der Waals surface area contributed by atoms with Gasteiger partial charge in [-0.3, -0.25) is 4.99 Å². The van der Waals surface area contributed by atoms with Gasteiger partial charge in [-0.05, 0) is 23.9 Å². The number of allylic oxidation sites excluding steroid dienone is 4. The highest BCUT2D eigenvalue weighted by Gasteiger charge is 2.41. The number of thiophene rings is 1. The van der Waals surface area contributed by atoms with E-state index in [1.54, 1.807) is 0 Å². The smallest absolute Gasteiger partial charge is 0.0712 e. The van der Waals surface area contributed by atoms with Crippen LogP contribution in [0.1, 0.15) is 36.6 Å². The first-order valence-electron chi connectivity index (χ1n) is 7.97. The van der Waals surface area contributed by atoms with Crippen molar-refractivity contribution in [2.45, 2.75) is 31.6 Å². The zero-order valence-corrected chi connectivity index (χ0v) is 13.6. The standard InChI is InChI=1S/C20H19NS/c1-2-3-12-20(18-11-7-14-22-18)13-6-9-16-15-8-4-5-10-17(15)21-19(16)20/h4-11,13-14H,2-3,12H2,1H3. The van der Waals surface area contributed by atoms with E-state index in [0.717, 1.165) is 12.1 Å². The zero-order valence-electron chi connectivity index (χ0n) is 12.8. The van der Waals surface area contributed by atoms with Crippen LogP contribution in [0.25, 0.3) is 5.57 Å². The molecular formula is C20H19NS. The van der Waals surface area contributed by atoms with Crippen LogP contribution in [0.2, 0.25) is 0 Å². The maximum atomic E-state index is 5.04. The molecule has 22 heavy (non-hydrogen) atoms. The molecule has 1 aliphatic carbocycles. The number of benzene rings is 1. The first-order chi connectivity index (χ1) is 10.8. The van der Waals surface area contributed by atoms with Gasteiger partial charge in [0.2, 0.25) is 0 Å². The first-order valence-corrected chi connectivity index (χ1v) is 8.85. The van der Waals surface area contributed by atoms with Gasteiger partial charge < -0.3 is 0 Å². The van der Waals surface area contributed by atoms with E-state index >= 15 is 0 Å². The Balaban J connectivity index is 1.88. The Morgan fingerprint density at radius 2 is 2.05 bits per heavy atom. The van der Waals surface area contributed by atoms with E-state index in [1.165, 1.54) is 34.6 Å². The van der Waals surface area contributed by atoms with Gasteiger partial charge >= 0.3 is 0 Å². The third-order valence-electron chi connectivity index (χ3n) is 4.63. The second-order valence-corrected chi connectivity index (χ2v) is 6.92. The summed E-state index contributed by atoms with van der Waals surface area (Å²) >= 11 is 1.85. The van der Waals surface area contributed by atoms with Crippen LogP contribution >= 0.6 is 11.3 Å². The van der Waals surface area contributed by atoms with Gasteiger partial charge in [0.25, 0.3) is 0 Å². The van der Waals surface area contributed by atoms with Gasteiger partial charge in [0.1, 0.15) is 0 Å². The highest BCUT2D eigenvalue weighted by Crippen LogP contribution is 2.48. The lowest BCUT2D eigenvalue weighted by atomic mass is 9.71. The number of para-hydroxylation sites is 1. The molecule has 1 aliphatic heterocycles. The average Bonchev–Trinajstić information content (AvgIpc) is 3.21. The van der Waals surface area contributed by atoms with Gasteiger partial charge in [0, 0.05) is 16.0 Å². The Morgan fingerprint density at radius 3 is 2.86 bits per heavy atom. The summed E-state index contributed by atoms with van der Waals surface area (Å²) in [4.78, 5) is 6.45. The van der Waals surface area contributed by atoms with Crippen LogP contribution in [0.3, 0.4) is 0 Å². The summed E-state index contributed by atoms with van der Waals surface area (Å²) in [5.41, 5.74) is 4.90. The number of rotatable bonds is 4. The first kappa shape index (κ1) is 13.7. The maximum absolute atomic E-state index is 5.04. The minimum atomic E-state index is -0.0483. The third kappa shape index (κ3) is 1.94. The van der Waals surface area contributed by atoms with Crippen LogP contribution in [0.5, 0.6) is 0 Å². The summed E-state index contributed by atoms with van der Waals surface area (Å²) in [5.74, 6) is 0. The molecule has 1 aromatic heterocycles. The van der Waals surface area contributed by atoms with E-state index in [0.29, 0.717) is 0 Å². The number of nitrogens with zero attached hydrogens (tertiary/aromatic N) is 1. The van der Waals surface area contributed by atoms with Crippen molar-refractivity contribution >= 4 is 28.3 Å². The number of unbranched alkanes of at least 4 members (excludes halogenated alkanes) is 1. The van der Waals surface area contributed by atoms with Crippen LogP contribution in [-0.2, 0) is 5.41 Å². The summed E-state index contributed by atoms with van der Waals surface area (Å²) < 4.78 is 0. The molecule has 1 aromatic carbocycles. The van der Waals surface area contributed by atoms with E-state index in [9.17, 15) is 0 Å². The van der Waals surface area contributed by atoms with Crippen molar-refractivity contribution in [3.63, 3.8) is 0 Å². The van der Waals surface area contributed by atoms with Crippen LogP contribution in [0.15, 0.2) is 65.0 Å². The fourth-order valence-electron chi connectivity index (χ4n) is 3.52. The van der Waals surface area contributed by atoms with Gasteiger partial charge in [0.05, 0.1) is 16.8 Å². The van der Waals surface area contributed by atoms with Crippen molar-refractivity contribution in [2.24, 2.45) is 4.99 Å². The van der Waals surface area contributed by atoms with Crippen molar-refractivity contribution in [2.75, 3.05) is 0 Å². The predicted octanol–water partition coefficient (Wildman–Crippen LogP) is 5.92. The molecule has 4 rings (SSSR count). The normalized spacial score (nSPS) is 22.0. The number of hydrogen-bond acceptors (Lipinski definition) is 2. The average molecular weight is 305 g/mol. The lowest BCUT2D eigenvalue weighted by Gasteiger charge is -2.33. The minimum Gasteiger partial charge on any atom is -0.251 e. The molecule has 2 heterocycles. The minimum absolute atomic E-state index is 0.0483. The van der Waals surface area contributed by atoms with Crippen LogP contribution in [-0.4, -0.2) is 5.71 Å². The Hall–Kier alpha value is -1.93. The zero-order chi connectivity index (χ0) is 15.0. The molecule has 0 saturated heterocycles. The third-order valence-corrected chi connectivity index (χ3v) is 5.68. The summed E-state index contributed by atoms with van der Waals surface area (Å²) in [5, 5.41) is 2.18. The predicted molar refractivity (Wildman–Crippen MR) is 96.2 cm³/mol. The highest BCUT2D eigenvalue weighted by atomic mass is 32.1. The molecule has 0 saturated carbocycles. The molecule has 0 fully saturated rings. The summed E-state index contributed by atoms with van der Waals surface area (Å²) in [6.45, 7) is 2.26. The topological polar surface area (TPSA) is 12.4 Å². The molecule has 2 aliphatic rings. The number of aliphatic imine (C=N–C) groups is 1. The van der Waals surface area contributed by atoms with Gasteiger partial charge in [-0.2, -0.15) is 0 Å². The molecule has 0 N–H and O–H groups in total. The second-order valence-electron chi connectivity index (χ2n) is 5.97. The quantitative estimate of drug-likeness (QED) is 0.665. The largest absolute Gasteiger partial charge is 0.251 e. The van der Waals surface area contributed by atoms with Crippen LogP contribution in [0.4, 0.5) is 5.69 Å². The Bertz CT molecular complexity index is 780. The molecule has 1 nitrogen and oxygen atoms in total. The molecule has 0 amide bonds. The van der Waals surface area contributed by atoms with E-state index < -0.39 is 0 Å². The monoisotopic (exact) mass is 305 g/mol. The SMILES string of the molecule is CCCCC1(c2cccs2)C=CC=C2C1=Nc1ccccc12. The van der Waals surface area contributed by atoms with Gasteiger partial charge in [-0.25, -0.2) is 0 Å². The lowest BCUT2D eigenvalue weighted by Crippen LogP contribution is -2.34. The summed E-state index contributed by atoms with van der Waals surface area (Å²) in [6.07, 6.45) is 10.4. The molecule has 0 bridgehead atoms. The van der Waals surface area contributed by atoms with Crippen molar-refractivity contribution in [3.05, 3.63) is 70.4 Å². The van der Waals surface area contributed by atoms with Crippen molar-refractivity contribution in [1.29, 1.82) is 0 Å². The maximum Gasteiger partial charge on any atom is 0.0712 e. The molecule has 1 atom stereocenters. The van der Waals surface area contributed by atoms with Crippen LogP contribution < -0.4 is 0 Å². The van der Waals surface area contributed by atoms with E-state index in [2.05, 4.69) is 66.9 Å². The fraction of sp³-hybridized carbons (Fsp3) is 0.250. The Labute approximate surface area is 135 Å². The van der Waals surface area contributed by atoms with Crippen molar-refractivity contribution in [1.82, 2.24) is 0 Å². The molecule has 0 radical (unpaired) electrons. The highest BCUT2D eigenvalue weighted by molar-refractivity contribution is 7.10. The molecule has 2 aromatic rings. The van der Waals surface area contributed by atoms with E-state index in [4.69, 9.17) is 4.99 Å². The summed E-state index contributed by atoms with van der Waals surface area (Å²) in [6, 6.07) is 12.9.